The van der Waals surface area contributed by atoms with Crippen LogP contribution < -0.4 is 0 Å². The molecule has 0 aliphatic heterocycles. The predicted molar refractivity (Wildman–Crippen MR) is 118 cm³/mol. The van der Waals surface area contributed by atoms with Gasteiger partial charge in [-0.1, -0.05) is 40.2 Å². The summed E-state index contributed by atoms with van der Waals surface area (Å²) in [5, 5.41) is 9.74. The molecule has 29 heavy (non-hydrogen) atoms. The second-order valence-corrected chi connectivity index (χ2v) is 9.05. The summed E-state index contributed by atoms with van der Waals surface area (Å²) in [4.78, 5) is 8.26. The summed E-state index contributed by atoms with van der Waals surface area (Å²) in [6, 6.07) is -0.380. The zero-order valence-corrected chi connectivity index (χ0v) is 19.3. The average Bonchev–Trinajstić information content (AvgIpc) is 2.55. The minimum atomic E-state index is -4.52. The third kappa shape index (κ3) is 12.0. The topological polar surface area (TPSA) is 45.0 Å². The Hall–Kier alpha value is -1.43. The van der Waals surface area contributed by atoms with Crippen LogP contribution in [-0.4, -0.2) is 41.4 Å². The zero-order valence-electron chi connectivity index (χ0n) is 19.3. The van der Waals surface area contributed by atoms with E-state index in [2.05, 4.69) is 30.8 Å². The van der Waals surface area contributed by atoms with E-state index in [9.17, 15) is 18.3 Å². The number of aliphatic hydroxyl groups is 1. The molecule has 0 aliphatic rings. The van der Waals surface area contributed by atoms with Crippen LogP contribution in [0.2, 0.25) is 0 Å². The lowest BCUT2D eigenvalue weighted by Crippen LogP contribution is -2.26. The number of halogens is 3. The third-order valence-corrected chi connectivity index (χ3v) is 4.63. The molecule has 0 amide bonds. The molecule has 0 aromatic carbocycles. The Morgan fingerprint density at radius 2 is 1.69 bits per heavy atom. The number of hydrogen-bond donors (Lipinski definition) is 1. The predicted octanol–water partition coefficient (Wildman–Crippen LogP) is 6.72. The number of allylic oxidation sites excluding steroid dienone is 4. The molecule has 6 heteroatoms. The Kier molecular flexibility index (Phi) is 11.1. The largest absolute Gasteiger partial charge is 0.432 e. The molecule has 0 rings (SSSR count). The van der Waals surface area contributed by atoms with E-state index in [4.69, 9.17) is 0 Å². The van der Waals surface area contributed by atoms with Gasteiger partial charge in [0.05, 0.1) is 18.2 Å². The first-order valence-corrected chi connectivity index (χ1v) is 10.4. The Balaban J connectivity index is 5.78. The van der Waals surface area contributed by atoms with E-state index < -0.39 is 17.5 Å². The summed E-state index contributed by atoms with van der Waals surface area (Å²) in [7, 11) is 0. The molecule has 0 fully saturated rings. The first kappa shape index (κ1) is 27.6. The van der Waals surface area contributed by atoms with Crippen molar-refractivity contribution in [1.29, 1.82) is 0 Å². The van der Waals surface area contributed by atoms with Gasteiger partial charge >= 0.3 is 6.18 Å². The van der Waals surface area contributed by atoms with Crippen LogP contribution in [0.4, 0.5) is 13.2 Å². The van der Waals surface area contributed by atoms with E-state index in [1.54, 1.807) is 33.8 Å². The maximum Gasteiger partial charge on any atom is 0.432 e. The molecule has 1 atom stereocenters. The maximum atomic E-state index is 13.7. The fourth-order valence-corrected chi connectivity index (χ4v) is 3.15. The van der Waals surface area contributed by atoms with Crippen LogP contribution in [-0.2, 0) is 0 Å². The van der Waals surface area contributed by atoms with Crippen LogP contribution in [0.1, 0.15) is 81.1 Å². The first-order chi connectivity index (χ1) is 13.1. The van der Waals surface area contributed by atoms with E-state index in [1.165, 1.54) is 6.21 Å². The van der Waals surface area contributed by atoms with Crippen molar-refractivity contribution >= 4 is 11.9 Å². The summed E-state index contributed by atoms with van der Waals surface area (Å²) in [5.74, 6) is 0. The highest BCUT2D eigenvalue weighted by Gasteiger charge is 2.35. The van der Waals surface area contributed by atoms with Crippen molar-refractivity contribution in [2.45, 2.75) is 98.9 Å². The van der Waals surface area contributed by atoms with E-state index in [0.29, 0.717) is 24.0 Å². The highest BCUT2D eigenvalue weighted by Crippen LogP contribution is 2.31. The molecule has 0 aromatic heterocycles. The standard InChI is InChI=1S/C23H39F3N2O/c1-9-12-21(5,6)14-19(11-3)28-20(23(24,25)26)13-17(4)18(10-2)15-27-16-22(7,8)29/h10,13,15,19,29H,9,11-12,14,16H2,1-8H3/b17-13+,18-10+,27-15?,28-20?. The quantitative estimate of drug-likeness (QED) is 0.295. The van der Waals surface area contributed by atoms with Gasteiger partial charge in [-0.15, -0.1) is 0 Å². The Bertz CT molecular complexity index is 621. The van der Waals surface area contributed by atoms with E-state index in [1.807, 2.05) is 6.92 Å². The Morgan fingerprint density at radius 3 is 2.10 bits per heavy atom. The van der Waals surface area contributed by atoms with Gasteiger partial charge in [-0.3, -0.25) is 9.98 Å². The van der Waals surface area contributed by atoms with Crippen LogP contribution in [0.15, 0.2) is 33.3 Å². The van der Waals surface area contributed by atoms with Crippen LogP contribution >= 0.6 is 0 Å². The Labute approximate surface area is 174 Å². The lowest BCUT2D eigenvalue weighted by atomic mass is 9.81. The van der Waals surface area contributed by atoms with Crippen molar-refractivity contribution in [3.8, 4) is 0 Å². The fraction of sp³-hybridized carbons (Fsp3) is 0.739. The molecule has 0 spiro atoms. The van der Waals surface area contributed by atoms with Gasteiger partial charge in [0, 0.05) is 6.21 Å². The van der Waals surface area contributed by atoms with Gasteiger partial charge in [-0.2, -0.15) is 13.2 Å². The molecule has 1 N–H and O–H groups in total. The van der Waals surface area contributed by atoms with Crippen molar-refractivity contribution in [3.05, 3.63) is 23.3 Å². The summed E-state index contributed by atoms with van der Waals surface area (Å²) >= 11 is 0. The lowest BCUT2D eigenvalue weighted by molar-refractivity contribution is -0.0582. The highest BCUT2D eigenvalue weighted by atomic mass is 19.4. The molecule has 1 unspecified atom stereocenters. The van der Waals surface area contributed by atoms with Gasteiger partial charge in [-0.05, 0) is 69.6 Å². The molecule has 3 nitrogen and oxygen atoms in total. The first-order valence-electron chi connectivity index (χ1n) is 10.4. The molecule has 168 valence electrons. The molecule has 0 saturated heterocycles. The number of rotatable bonds is 11. The monoisotopic (exact) mass is 416 g/mol. The van der Waals surface area contributed by atoms with Crippen molar-refractivity contribution in [2.24, 2.45) is 15.4 Å². The van der Waals surface area contributed by atoms with Crippen molar-refractivity contribution in [2.75, 3.05) is 6.54 Å². The molecule has 0 heterocycles. The molecule has 0 bridgehead atoms. The minimum Gasteiger partial charge on any atom is -0.389 e. The van der Waals surface area contributed by atoms with Gasteiger partial charge in [0.2, 0.25) is 0 Å². The smallest absolute Gasteiger partial charge is 0.389 e. The highest BCUT2D eigenvalue weighted by molar-refractivity contribution is 6.02. The van der Waals surface area contributed by atoms with E-state index in [-0.39, 0.29) is 18.0 Å². The van der Waals surface area contributed by atoms with Gasteiger partial charge in [0.15, 0.2) is 0 Å². The number of alkyl halides is 3. The van der Waals surface area contributed by atoms with E-state index >= 15 is 0 Å². The van der Waals surface area contributed by atoms with Crippen LogP contribution in [0, 0.1) is 5.41 Å². The zero-order chi connectivity index (χ0) is 22.9. The second kappa shape index (κ2) is 11.7. The minimum absolute atomic E-state index is 0.0490. The van der Waals surface area contributed by atoms with Crippen molar-refractivity contribution in [1.82, 2.24) is 0 Å². The van der Waals surface area contributed by atoms with Crippen molar-refractivity contribution in [3.63, 3.8) is 0 Å². The molecule has 0 aliphatic carbocycles. The van der Waals surface area contributed by atoms with E-state index in [0.717, 1.165) is 18.9 Å². The van der Waals surface area contributed by atoms with Crippen LogP contribution in [0.25, 0.3) is 0 Å². The SMILES string of the molecule is C/C=C(C=NCC(C)(C)O)/C(C)=C/C(=NC(CC)CC(C)(C)CCC)C(F)(F)F. The summed E-state index contributed by atoms with van der Waals surface area (Å²) in [6.07, 6.45) is 2.90. The van der Waals surface area contributed by atoms with Crippen molar-refractivity contribution < 1.29 is 18.3 Å². The molecule has 0 radical (unpaired) electrons. The second-order valence-electron chi connectivity index (χ2n) is 9.05. The van der Waals surface area contributed by atoms with Crippen LogP contribution in [0.3, 0.4) is 0 Å². The molecular formula is C23H39F3N2O. The van der Waals surface area contributed by atoms with Crippen LogP contribution in [0.5, 0.6) is 0 Å². The maximum absolute atomic E-state index is 13.7. The summed E-state index contributed by atoms with van der Waals surface area (Å²) in [5.41, 5.74) is -0.863. The number of hydrogen-bond acceptors (Lipinski definition) is 3. The number of aliphatic imine (C=N–C) groups is 2. The van der Waals surface area contributed by atoms with Gasteiger partial charge in [-0.25, -0.2) is 0 Å². The van der Waals surface area contributed by atoms with Gasteiger partial charge in [0.1, 0.15) is 5.71 Å². The summed E-state index contributed by atoms with van der Waals surface area (Å²) in [6.45, 7) is 14.9. The molecule has 0 saturated carbocycles. The molecular weight excluding hydrogens is 377 g/mol. The summed E-state index contributed by atoms with van der Waals surface area (Å²) < 4.78 is 41.0. The fourth-order valence-electron chi connectivity index (χ4n) is 3.15. The van der Waals surface area contributed by atoms with Gasteiger partial charge in [0.25, 0.3) is 0 Å². The van der Waals surface area contributed by atoms with Gasteiger partial charge < -0.3 is 5.11 Å². The average molecular weight is 417 g/mol. The lowest BCUT2D eigenvalue weighted by Gasteiger charge is -2.27. The third-order valence-electron chi connectivity index (χ3n) is 4.63. The number of nitrogens with zero attached hydrogens (tertiary/aromatic N) is 2. The normalized spacial score (nSPS) is 16.6. The Morgan fingerprint density at radius 1 is 1.10 bits per heavy atom. The molecule has 0 aromatic rings.